The number of rotatable bonds is 5. The highest BCUT2D eigenvalue weighted by Gasteiger charge is 2.09. The van der Waals surface area contributed by atoms with Crippen molar-refractivity contribution < 1.29 is 0 Å². The Morgan fingerprint density at radius 1 is 1.42 bits per heavy atom. The number of benzene rings is 1. The highest BCUT2D eigenvalue weighted by molar-refractivity contribution is 7.98. The van der Waals surface area contributed by atoms with Gasteiger partial charge in [0.1, 0.15) is 0 Å². The minimum Gasteiger partial charge on any atom is -0.250 e. The second kappa shape index (κ2) is 7.43. The number of aromatic nitrogens is 7. The molecule has 0 unspecified atom stereocenters. The molecular formula is C12H10Cl2N8S2. The first-order valence-corrected chi connectivity index (χ1v) is 8.70. The van der Waals surface area contributed by atoms with Gasteiger partial charge in [-0.05, 0) is 34.8 Å². The first-order chi connectivity index (χ1) is 11.5. The smallest absolute Gasteiger partial charge is 0.216 e. The molecule has 1 aromatic carbocycles. The van der Waals surface area contributed by atoms with Crippen LogP contribution in [0.5, 0.6) is 0 Å². The molecule has 24 heavy (non-hydrogen) atoms. The number of tetrazole rings is 1. The monoisotopic (exact) mass is 400 g/mol. The molecule has 0 aliphatic heterocycles. The molecule has 0 amide bonds. The van der Waals surface area contributed by atoms with Gasteiger partial charge in [0, 0.05) is 17.6 Å². The van der Waals surface area contributed by atoms with Crippen LogP contribution < -0.4 is 0 Å². The van der Waals surface area contributed by atoms with Crippen LogP contribution in [0.1, 0.15) is 11.4 Å². The molecule has 1 N–H and O–H groups in total. The Labute approximate surface area is 155 Å². The molecule has 0 atom stereocenters. The van der Waals surface area contributed by atoms with Crippen molar-refractivity contribution in [3.8, 4) is 0 Å². The lowest BCUT2D eigenvalue weighted by molar-refractivity contribution is 0.664. The van der Waals surface area contributed by atoms with Crippen molar-refractivity contribution in [3.63, 3.8) is 0 Å². The highest BCUT2D eigenvalue weighted by atomic mass is 35.5. The van der Waals surface area contributed by atoms with Crippen molar-refractivity contribution >= 4 is 53.4 Å². The highest BCUT2D eigenvalue weighted by Crippen LogP contribution is 2.20. The van der Waals surface area contributed by atoms with Crippen LogP contribution in [0.3, 0.4) is 0 Å². The number of nitrogens with one attached hydrogen (secondary N) is 1. The van der Waals surface area contributed by atoms with E-state index in [0.29, 0.717) is 31.6 Å². The number of nitrogens with zero attached hydrogens (tertiary/aromatic N) is 7. The van der Waals surface area contributed by atoms with Crippen LogP contribution in [-0.4, -0.2) is 41.3 Å². The maximum absolute atomic E-state index is 6.13. The number of thioether (sulfide) groups is 1. The van der Waals surface area contributed by atoms with Crippen LogP contribution in [0.2, 0.25) is 10.0 Å². The topological polar surface area (TPSA) is 89.6 Å². The van der Waals surface area contributed by atoms with Crippen LogP contribution in [0, 0.1) is 4.77 Å². The van der Waals surface area contributed by atoms with E-state index < -0.39 is 0 Å². The summed E-state index contributed by atoms with van der Waals surface area (Å²) in [6.07, 6.45) is 1.60. The minimum absolute atomic E-state index is 0.378. The molecule has 0 radical (unpaired) electrons. The summed E-state index contributed by atoms with van der Waals surface area (Å²) in [4.78, 5) is 0. The normalized spacial score (nSPS) is 11.5. The molecule has 3 rings (SSSR count). The van der Waals surface area contributed by atoms with Crippen molar-refractivity contribution in [1.29, 1.82) is 0 Å². The van der Waals surface area contributed by atoms with Crippen molar-refractivity contribution in [2.24, 2.45) is 12.1 Å². The standard InChI is InChI=1S/C12H10Cl2N8S2/c1-21-12(18-19-20-21)24-6-10-16-17-11(23)22(10)15-5-7-2-3-8(13)4-9(7)14/h2-5H,6H2,1H3,(H,17,23)/b15-5+. The fourth-order valence-corrected chi connectivity index (χ4v) is 3.15. The van der Waals surface area contributed by atoms with E-state index in [4.69, 9.17) is 35.4 Å². The van der Waals surface area contributed by atoms with E-state index in [1.54, 1.807) is 36.1 Å². The third-order valence-corrected chi connectivity index (χ3v) is 4.74. The van der Waals surface area contributed by atoms with E-state index in [2.05, 4.69) is 30.8 Å². The Hall–Kier alpha value is -1.75. The third kappa shape index (κ3) is 3.83. The van der Waals surface area contributed by atoms with E-state index in [9.17, 15) is 0 Å². The number of hydrogen-bond donors (Lipinski definition) is 1. The summed E-state index contributed by atoms with van der Waals surface area (Å²) >= 11 is 18.6. The molecule has 3 aromatic rings. The van der Waals surface area contributed by atoms with Gasteiger partial charge in [-0.25, -0.2) is 4.68 Å². The van der Waals surface area contributed by atoms with Crippen molar-refractivity contribution in [3.05, 3.63) is 44.4 Å². The summed E-state index contributed by atoms with van der Waals surface area (Å²) < 4.78 is 3.48. The molecule has 0 aliphatic carbocycles. The molecule has 0 fully saturated rings. The van der Waals surface area contributed by atoms with Crippen molar-refractivity contribution in [1.82, 2.24) is 35.1 Å². The molecular weight excluding hydrogens is 391 g/mol. The van der Waals surface area contributed by atoms with Crippen LogP contribution in [-0.2, 0) is 12.8 Å². The first kappa shape index (κ1) is 17.1. The summed E-state index contributed by atoms with van der Waals surface area (Å²) in [5, 5.41) is 24.2. The van der Waals surface area contributed by atoms with Gasteiger partial charge in [-0.1, -0.05) is 41.0 Å². The molecule has 0 bridgehead atoms. The molecule has 124 valence electrons. The van der Waals surface area contributed by atoms with E-state index in [0.717, 1.165) is 5.56 Å². The van der Waals surface area contributed by atoms with E-state index in [1.165, 1.54) is 16.4 Å². The Morgan fingerprint density at radius 2 is 2.25 bits per heavy atom. The van der Waals surface area contributed by atoms with Gasteiger partial charge >= 0.3 is 0 Å². The van der Waals surface area contributed by atoms with Gasteiger partial charge in [0.15, 0.2) is 5.82 Å². The predicted octanol–water partition coefficient (Wildman–Crippen LogP) is 2.95. The van der Waals surface area contributed by atoms with E-state index in [1.807, 2.05) is 0 Å². The molecule has 2 aromatic heterocycles. The summed E-state index contributed by atoms with van der Waals surface area (Å²) in [7, 11) is 1.76. The second-order valence-electron chi connectivity index (χ2n) is 4.54. The van der Waals surface area contributed by atoms with Crippen LogP contribution in [0.25, 0.3) is 0 Å². The quantitative estimate of drug-likeness (QED) is 0.402. The van der Waals surface area contributed by atoms with Crippen LogP contribution in [0.4, 0.5) is 0 Å². The van der Waals surface area contributed by atoms with Gasteiger partial charge in [0.2, 0.25) is 9.93 Å². The fourth-order valence-electron chi connectivity index (χ4n) is 1.74. The third-order valence-electron chi connectivity index (χ3n) is 2.90. The zero-order valence-electron chi connectivity index (χ0n) is 12.2. The number of hydrogen-bond acceptors (Lipinski definition) is 7. The van der Waals surface area contributed by atoms with E-state index in [-0.39, 0.29) is 0 Å². The number of aryl methyl sites for hydroxylation is 1. The molecule has 0 saturated carbocycles. The van der Waals surface area contributed by atoms with Gasteiger partial charge in [0.05, 0.1) is 17.0 Å². The molecule has 8 nitrogen and oxygen atoms in total. The Balaban J connectivity index is 1.81. The maximum atomic E-state index is 6.13. The second-order valence-corrected chi connectivity index (χ2v) is 6.71. The fraction of sp³-hybridized carbons (Fsp3) is 0.167. The van der Waals surface area contributed by atoms with Crippen molar-refractivity contribution in [2.75, 3.05) is 0 Å². The Bertz CT molecular complexity index is 945. The zero-order valence-corrected chi connectivity index (χ0v) is 15.4. The number of H-pyrrole nitrogens is 1. The van der Waals surface area contributed by atoms with Crippen LogP contribution in [0.15, 0.2) is 28.5 Å². The average Bonchev–Trinajstić information content (AvgIpc) is 3.10. The largest absolute Gasteiger partial charge is 0.250 e. The predicted molar refractivity (Wildman–Crippen MR) is 95.2 cm³/mol. The summed E-state index contributed by atoms with van der Waals surface area (Å²) in [5.41, 5.74) is 0.722. The first-order valence-electron chi connectivity index (χ1n) is 6.55. The Morgan fingerprint density at radius 3 is 2.96 bits per heavy atom. The van der Waals surface area contributed by atoms with Crippen molar-refractivity contribution in [2.45, 2.75) is 10.9 Å². The summed E-state index contributed by atoms with van der Waals surface area (Å²) in [6, 6.07) is 5.16. The summed E-state index contributed by atoms with van der Waals surface area (Å²) in [5.74, 6) is 1.13. The Kier molecular flexibility index (Phi) is 5.29. The zero-order chi connectivity index (χ0) is 17.1. The van der Waals surface area contributed by atoms with Gasteiger partial charge in [-0.2, -0.15) is 14.9 Å². The van der Waals surface area contributed by atoms with Gasteiger partial charge in [0.25, 0.3) is 0 Å². The summed E-state index contributed by atoms with van der Waals surface area (Å²) in [6.45, 7) is 0. The molecule has 0 aliphatic rings. The SMILES string of the molecule is Cn1nnnc1SCc1n[nH]c(=S)n1/N=C/c1ccc(Cl)cc1Cl. The lowest BCUT2D eigenvalue weighted by atomic mass is 10.2. The lowest BCUT2D eigenvalue weighted by Gasteiger charge is -2.01. The molecule has 12 heteroatoms. The number of halogens is 2. The lowest BCUT2D eigenvalue weighted by Crippen LogP contribution is -1.99. The molecule has 0 saturated heterocycles. The van der Waals surface area contributed by atoms with E-state index >= 15 is 0 Å². The average molecular weight is 401 g/mol. The van der Waals surface area contributed by atoms with Crippen LogP contribution >= 0.6 is 47.2 Å². The van der Waals surface area contributed by atoms with Gasteiger partial charge < -0.3 is 0 Å². The number of aromatic amines is 1. The molecule has 2 heterocycles. The molecule has 0 spiro atoms. The maximum Gasteiger partial charge on any atom is 0.216 e. The van der Waals surface area contributed by atoms with Gasteiger partial charge in [-0.15, -0.1) is 5.10 Å². The van der Waals surface area contributed by atoms with Gasteiger partial charge in [-0.3, -0.25) is 5.10 Å². The minimum atomic E-state index is 0.378.